The highest BCUT2D eigenvalue weighted by molar-refractivity contribution is 7.10. The number of halogens is 1. The maximum atomic E-state index is 11.9. The van der Waals surface area contributed by atoms with E-state index in [1.54, 1.807) is 11.3 Å². The quantitative estimate of drug-likeness (QED) is 0.825. The monoisotopic (exact) mass is 274 g/mol. The van der Waals surface area contributed by atoms with Gasteiger partial charge in [-0.1, -0.05) is 0 Å². The van der Waals surface area contributed by atoms with E-state index in [1.165, 1.54) is 23.3 Å². The minimum absolute atomic E-state index is 0. The van der Waals surface area contributed by atoms with Crippen LogP contribution in [0, 0.1) is 0 Å². The summed E-state index contributed by atoms with van der Waals surface area (Å²) in [4.78, 5) is 13.3. The molecule has 1 heterocycles. The summed E-state index contributed by atoms with van der Waals surface area (Å²) in [5.74, 6) is 0.0923. The van der Waals surface area contributed by atoms with Crippen LogP contribution in [-0.2, 0) is 12.8 Å². The van der Waals surface area contributed by atoms with Gasteiger partial charge in [-0.25, -0.2) is 0 Å². The SMILES string of the molecule is CNCCNC(=O)c1csc2c1CCCC2.Cl. The Morgan fingerprint density at radius 3 is 2.88 bits per heavy atom. The predicted molar refractivity (Wildman–Crippen MR) is 74.5 cm³/mol. The van der Waals surface area contributed by atoms with E-state index in [0.29, 0.717) is 6.54 Å². The number of carbonyl (C=O) groups excluding carboxylic acids is 1. The normalized spacial score (nSPS) is 13.7. The number of rotatable bonds is 4. The van der Waals surface area contributed by atoms with Crippen LogP contribution in [0.25, 0.3) is 0 Å². The van der Waals surface area contributed by atoms with Crippen LogP contribution in [0.15, 0.2) is 5.38 Å². The van der Waals surface area contributed by atoms with Crippen molar-refractivity contribution in [1.29, 1.82) is 0 Å². The third-order valence-electron chi connectivity index (χ3n) is 2.97. The molecule has 0 aliphatic heterocycles. The number of likely N-dealkylation sites (N-methyl/N-ethyl adjacent to an activating group) is 1. The summed E-state index contributed by atoms with van der Waals surface area (Å²) < 4.78 is 0. The van der Waals surface area contributed by atoms with Gasteiger partial charge in [0.25, 0.3) is 5.91 Å². The van der Waals surface area contributed by atoms with E-state index in [9.17, 15) is 4.79 Å². The minimum Gasteiger partial charge on any atom is -0.351 e. The molecule has 1 aliphatic carbocycles. The molecule has 2 N–H and O–H groups in total. The van der Waals surface area contributed by atoms with Crippen molar-refractivity contribution in [3.63, 3.8) is 0 Å². The van der Waals surface area contributed by atoms with E-state index in [1.807, 2.05) is 12.4 Å². The van der Waals surface area contributed by atoms with E-state index in [4.69, 9.17) is 0 Å². The fourth-order valence-corrected chi connectivity index (χ4v) is 3.21. The first-order valence-corrected chi connectivity index (χ1v) is 6.73. The largest absolute Gasteiger partial charge is 0.351 e. The molecule has 1 aromatic rings. The second-order valence-corrected chi connectivity index (χ2v) is 5.08. The average molecular weight is 275 g/mol. The number of fused-ring (bicyclic) bond motifs is 1. The predicted octanol–water partition coefficient (Wildman–Crippen LogP) is 2.00. The van der Waals surface area contributed by atoms with Crippen LogP contribution >= 0.6 is 23.7 Å². The molecule has 0 bridgehead atoms. The lowest BCUT2D eigenvalue weighted by molar-refractivity contribution is 0.0953. The van der Waals surface area contributed by atoms with E-state index in [0.717, 1.165) is 24.9 Å². The molecule has 0 fully saturated rings. The van der Waals surface area contributed by atoms with Crippen LogP contribution in [0.5, 0.6) is 0 Å². The Labute approximate surface area is 112 Å². The molecule has 0 saturated heterocycles. The summed E-state index contributed by atoms with van der Waals surface area (Å²) in [6.45, 7) is 1.51. The Morgan fingerprint density at radius 1 is 1.35 bits per heavy atom. The molecule has 5 heteroatoms. The first-order chi connectivity index (χ1) is 7.83. The van der Waals surface area contributed by atoms with E-state index in [-0.39, 0.29) is 18.3 Å². The number of hydrogen-bond donors (Lipinski definition) is 2. The van der Waals surface area contributed by atoms with E-state index in [2.05, 4.69) is 10.6 Å². The molecule has 17 heavy (non-hydrogen) atoms. The van der Waals surface area contributed by atoms with Gasteiger partial charge in [0.15, 0.2) is 0 Å². The first-order valence-electron chi connectivity index (χ1n) is 5.85. The Kier molecular flexibility index (Phi) is 5.95. The van der Waals surface area contributed by atoms with Crippen LogP contribution in [0.4, 0.5) is 0 Å². The van der Waals surface area contributed by atoms with Crippen molar-refractivity contribution < 1.29 is 4.79 Å². The fourth-order valence-electron chi connectivity index (χ4n) is 2.08. The first kappa shape index (κ1) is 14.5. The highest BCUT2D eigenvalue weighted by Crippen LogP contribution is 2.29. The molecule has 0 atom stereocenters. The molecule has 0 aromatic carbocycles. The number of amides is 1. The average Bonchev–Trinajstić information content (AvgIpc) is 2.73. The number of thiophene rings is 1. The molecule has 0 spiro atoms. The van der Waals surface area contributed by atoms with Crippen molar-refractivity contribution in [2.75, 3.05) is 20.1 Å². The molecule has 3 nitrogen and oxygen atoms in total. The third kappa shape index (κ3) is 3.44. The lowest BCUT2D eigenvalue weighted by Gasteiger charge is -2.12. The molecule has 0 saturated carbocycles. The van der Waals surface area contributed by atoms with Gasteiger partial charge < -0.3 is 10.6 Å². The van der Waals surface area contributed by atoms with Crippen LogP contribution in [0.3, 0.4) is 0 Å². The summed E-state index contributed by atoms with van der Waals surface area (Å²) in [6, 6.07) is 0. The van der Waals surface area contributed by atoms with Crippen molar-refractivity contribution in [3.05, 3.63) is 21.4 Å². The number of aryl methyl sites for hydroxylation is 1. The van der Waals surface area contributed by atoms with Crippen LogP contribution in [0.2, 0.25) is 0 Å². The molecule has 1 aromatic heterocycles. The maximum absolute atomic E-state index is 11.9. The van der Waals surface area contributed by atoms with E-state index < -0.39 is 0 Å². The molecular weight excluding hydrogens is 256 g/mol. The van der Waals surface area contributed by atoms with Gasteiger partial charge >= 0.3 is 0 Å². The summed E-state index contributed by atoms with van der Waals surface area (Å²) in [5.41, 5.74) is 2.22. The zero-order valence-corrected chi connectivity index (χ0v) is 11.7. The molecule has 0 radical (unpaired) electrons. The zero-order valence-electron chi connectivity index (χ0n) is 10.0. The van der Waals surface area contributed by atoms with Gasteiger partial charge in [-0.05, 0) is 38.3 Å². The Balaban J connectivity index is 0.00000144. The van der Waals surface area contributed by atoms with Gasteiger partial charge in [0.1, 0.15) is 0 Å². The summed E-state index contributed by atoms with van der Waals surface area (Å²) >= 11 is 1.74. The zero-order chi connectivity index (χ0) is 11.4. The minimum atomic E-state index is 0. The van der Waals surface area contributed by atoms with Crippen molar-refractivity contribution in [1.82, 2.24) is 10.6 Å². The molecule has 1 aliphatic rings. The lowest BCUT2D eigenvalue weighted by atomic mass is 9.96. The van der Waals surface area contributed by atoms with Crippen molar-refractivity contribution in [3.8, 4) is 0 Å². The number of nitrogens with one attached hydrogen (secondary N) is 2. The summed E-state index contributed by atoms with van der Waals surface area (Å²) in [5, 5.41) is 7.98. The molecule has 2 rings (SSSR count). The summed E-state index contributed by atoms with van der Waals surface area (Å²) in [7, 11) is 1.89. The smallest absolute Gasteiger partial charge is 0.252 e. The lowest BCUT2D eigenvalue weighted by Crippen LogP contribution is -2.30. The molecule has 0 unspecified atom stereocenters. The third-order valence-corrected chi connectivity index (χ3v) is 4.06. The molecule has 1 amide bonds. The highest BCUT2D eigenvalue weighted by Gasteiger charge is 2.19. The number of hydrogen-bond acceptors (Lipinski definition) is 3. The molecule has 96 valence electrons. The Bertz CT molecular complexity index is 379. The van der Waals surface area contributed by atoms with Crippen molar-refractivity contribution in [2.24, 2.45) is 0 Å². The van der Waals surface area contributed by atoms with Crippen LogP contribution in [0.1, 0.15) is 33.6 Å². The van der Waals surface area contributed by atoms with Gasteiger partial charge in [0, 0.05) is 23.3 Å². The fraction of sp³-hybridized carbons (Fsp3) is 0.583. The van der Waals surface area contributed by atoms with Gasteiger partial charge in [-0.15, -0.1) is 23.7 Å². The molecular formula is C12H19ClN2OS. The maximum Gasteiger partial charge on any atom is 0.252 e. The highest BCUT2D eigenvalue weighted by atomic mass is 35.5. The topological polar surface area (TPSA) is 41.1 Å². The van der Waals surface area contributed by atoms with Crippen molar-refractivity contribution >= 4 is 29.7 Å². The van der Waals surface area contributed by atoms with Crippen LogP contribution < -0.4 is 10.6 Å². The van der Waals surface area contributed by atoms with Gasteiger partial charge in [-0.3, -0.25) is 4.79 Å². The van der Waals surface area contributed by atoms with Crippen molar-refractivity contribution in [2.45, 2.75) is 25.7 Å². The van der Waals surface area contributed by atoms with Gasteiger partial charge in [0.05, 0.1) is 5.56 Å². The number of carbonyl (C=O) groups is 1. The summed E-state index contributed by atoms with van der Waals surface area (Å²) in [6.07, 6.45) is 4.73. The second-order valence-electron chi connectivity index (χ2n) is 4.12. The van der Waals surface area contributed by atoms with Gasteiger partial charge in [-0.2, -0.15) is 0 Å². The van der Waals surface area contributed by atoms with Crippen LogP contribution in [-0.4, -0.2) is 26.0 Å². The van der Waals surface area contributed by atoms with Gasteiger partial charge in [0.2, 0.25) is 0 Å². The standard InChI is InChI=1S/C12H18N2OS.ClH/c1-13-6-7-14-12(15)10-8-16-11-5-3-2-4-9(10)11;/h8,13H,2-7H2,1H3,(H,14,15);1H. The second kappa shape index (κ2) is 6.99. The Morgan fingerprint density at radius 2 is 2.12 bits per heavy atom. The van der Waals surface area contributed by atoms with E-state index >= 15 is 0 Å². The Hall–Kier alpha value is -0.580.